The highest BCUT2D eigenvalue weighted by atomic mass is 13.9. The van der Waals surface area contributed by atoms with Crippen LogP contribution in [0.3, 0.4) is 0 Å². The summed E-state index contributed by atoms with van der Waals surface area (Å²) < 4.78 is 0. The van der Waals surface area contributed by atoms with Crippen molar-refractivity contribution < 1.29 is 0 Å². The van der Waals surface area contributed by atoms with E-state index in [1.165, 1.54) is 12.0 Å². The minimum atomic E-state index is 1.11. The molecule has 0 aliphatic carbocycles. The van der Waals surface area contributed by atoms with E-state index in [-0.39, 0.29) is 0 Å². The molecule has 0 aliphatic rings. The number of allylic oxidation sites excluding steroid dienone is 5. The van der Waals surface area contributed by atoms with E-state index in [4.69, 9.17) is 0 Å². The fraction of sp³-hybridized carbons (Fsp3) is 0.400. The van der Waals surface area contributed by atoms with Gasteiger partial charge in [0.1, 0.15) is 0 Å². The minimum absolute atomic E-state index is 1.11. The van der Waals surface area contributed by atoms with Crippen LogP contribution in [-0.4, -0.2) is 0 Å². The molecule has 0 spiro atoms. The lowest BCUT2D eigenvalue weighted by atomic mass is 10.1. The lowest BCUT2D eigenvalue weighted by Gasteiger charge is -1.91. The van der Waals surface area contributed by atoms with Crippen LogP contribution in [0.1, 0.15) is 26.7 Å². The van der Waals surface area contributed by atoms with Crippen LogP contribution in [0.2, 0.25) is 0 Å². The fourth-order valence-corrected chi connectivity index (χ4v) is 0.707. The minimum Gasteiger partial charge on any atom is -0.0958 e. The van der Waals surface area contributed by atoms with Gasteiger partial charge >= 0.3 is 0 Å². The zero-order chi connectivity index (χ0) is 7.82. The van der Waals surface area contributed by atoms with Crippen molar-refractivity contribution in [3.8, 4) is 0 Å². The Hall–Kier alpha value is -0.780. The molecular weight excluding hydrogens is 120 g/mol. The van der Waals surface area contributed by atoms with Gasteiger partial charge in [0, 0.05) is 0 Å². The van der Waals surface area contributed by atoms with Gasteiger partial charge in [0.2, 0.25) is 0 Å². The molecule has 56 valence electrons. The van der Waals surface area contributed by atoms with E-state index in [0.717, 1.165) is 6.42 Å². The standard InChI is InChI=1S/C10H16/c1-4-6-7-9-10(3)8-5-2/h4,6-7,9H,3,5,8H2,1-2H3/b6-4-,9-7-. The van der Waals surface area contributed by atoms with E-state index < -0.39 is 0 Å². The molecule has 0 nitrogen and oxygen atoms in total. The molecule has 0 fully saturated rings. The summed E-state index contributed by atoms with van der Waals surface area (Å²) in [7, 11) is 0. The molecule has 0 bridgehead atoms. The molecule has 0 radical (unpaired) electrons. The zero-order valence-corrected chi connectivity index (χ0v) is 6.93. The molecule has 0 saturated carbocycles. The molecule has 0 saturated heterocycles. The molecule has 10 heavy (non-hydrogen) atoms. The van der Waals surface area contributed by atoms with Gasteiger partial charge in [0.15, 0.2) is 0 Å². The quantitative estimate of drug-likeness (QED) is 0.519. The Balaban J connectivity index is 3.56. The molecule has 0 N–H and O–H groups in total. The molecule has 0 unspecified atom stereocenters. The molecule has 0 heterocycles. The molecule has 0 atom stereocenters. The molecule has 0 aromatic heterocycles. The topological polar surface area (TPSA) is 0 Å². The third-order valence-electron chi connectivity index (χ3n) is 1.21. The van der Waals surface area contributed by atoms with E-state index in [0.29, 0.717) is 0 Å². The van der Waals surface area contributed by atoms with Crippen molar-refractivity contribution in [3.05, 3.63) is 36.5 Å². The average molecular weight is 136 g/mol. The summed E-state index contributed by atoms with van der Waals surface area (Å²) in [4.78, 5) is 0. The van der Waals surface area contributed by atoms with Gasteiger partial charge in [-0.05, 0) is 13.3 Å². The second kappa shape index (κ2) is 6.34. The highest BCUT2D eigenvalue weighted by Crippen LogP contribution is 2.02. The van der Waals surface area contributed by atoms with Crippen molar-refractivity contribution in [1.82, 2.24) is 0 Å². The lowest BCUT2D eigenvalue weighted by molar-refractivity contribution is 0.930. The maximum Gasteiger partial charge on any atom is -0.0287 e. The summed E-state index contributed by atoms with van der Waals surface area (Å²) in [6.45, 7) is 8.06. The smallest absolute Gasteiger partial charge is 0.0287 e. The normalized spacial score (nSPS) is 11.4. The molecule has 0 heteroatoms. The maximum absolute atomic E-state index is 3.90. The highest BCUT2D eigenvalue weighted by molar-refractivity contribution is 5.18. The SMILES string of the molecule is C=C(/C=C\C=C/C)CCC. The zero-order valence-electron chi connectivity index (χ0n) is 6.93. The Morgan fingerprint density at radius 2 is 2.10 bits per heavy atom. The molecule has 0 rings (SSSR count). The lowest BCUT2D eigenvalue weighted by Crippen LogP contribution is -1.71. The van der Waals surface area contributed by atoms with Crippen molar-refractivity contribution in [2.75, 3.05) is 0 Å². The first-order valence-corrected chi connectivity index (χ1v) is 3.78. The number of hydrogen-bond donors (Lipinski definition) is 0. The number of rotatable bonds is 4. The van der Waals surface area contributed by atoms with E-state index in [2.05, 4.69) is 19.6 Å². The van der Waals surface area contributed by atoms with E-state index in [1.807, 2.05) is 25.2 Å². The molecule has 0 aromatic rings. The van der Waals surface area contributed by atoms with E-state index in [9.17, 15) is 0 Å². The van der Waals surface area contributed by atoms with Gasteiger partial charge in [0.25, 0.3) is 0 Å². The second-order valence-electron chi connectivity index (χ2n) is 2.29. The van der Waals surface area contributed by atoms with Crippen LogP contribution in [-0.2, 0) is 0 Å². The average Bonchev–Trinajstić information content (AvgIpc) is 1.89. The predicted octanol–water partition coefficient (Wildman–Crippen LogP) is 3.48. The summed E-state index contributed by atoms with van der Waals surface area (Å²) >= 11 is 0. The van der Waals surface area contributed by atoms with Crippen LogP contribution in [0.4, 0.5) is 0 Å². The van der Waals surface area contributed by atoms with E-state index >= 15 is 0 Å². The summed E-state index contributed by atoms with van der Waals surface area (Å²) in [6.07, 6.45) is 10.4. The monoisotopic (exact) mass is 136 g/mol. The fourth-order valence-electron chi connectivity index (χ4n) is 0.707. The summed E-state index contributed by atoms with van der Waals surface area (Å²) in [5, 5.41) is 0. The van der Waals surface area contributed by atoms with Crippen molar-refractivity contribution in [2.45, 2.75) is 26.7 Å². The molecule has 0 amide bonds. The maximum atomic E-state index is 3.90. The van der Waals surface area contributed by atoms with Crippen molar-refractivity contribution in [2.24, 2.45) is 0 Å². The van der Waals surface area contributed by atoms with Gasteiger partial charge in [-0.2, -0.15) is 0 Å². The van der Waals surface area contributed by atoms with Gasteiger partial charge in [-0.25, -0.2) is 0 Å². The van der Waals surface area contributed by atoms with Gasteiger partial charge in [-0.3, -0.25) is 0 Å². The number of hydrogen-bond acceptors (Lipinski definition) is 0. The third-order valence-corrected chi connectivity index (χ3v) is 1.21. The molecular formula is C10H16. The highest BCUT2D eigenvalue weighted by Gasteiger charge is 1.82. The Kier molecular flexibility index (Phi) is 5.85. The molecule has 0 aromatic carbocycles. The van der Waals surface area contributed by atoms with Gasteiger partial charge < -0.3 is 0 Å². The second-order valence-corrected chi connectivity index (χ2v) is 2.29. The first-order valence-electron chi connectivity index (χ1n) is 3.78. The van der Waals surface area contributed by atoms with Crippen LogP contribution < -0.4 is 0 Å². The molecule has 0 aliphatic heterocycles. The van der Waals surface area contributed by atoms with Gasteiger partial charge in [0.05, 0.1) is 0 Å². The first-order chi connectivity index (χ1) is 4.81. The van der Waals surface area contributed by atoms with Crippen LogP contribution in [0.25, 0.3) is 0 Å². The summed E-state index contributed by atoms with van der Waals surface area (Å²) in [5.74, 6) is 0. The van der Waals surface area contributed by atoms with Crippen LogP contribution in [0.5, 0.6) is 0 Å². The summed E-state index contributed by atoms with van der Waals surface area (Å²) in [5.41, 5.74) is 1.21. The Morgan fingerprint density at radius 3 is 2.60 bits per heavy atom. The Morgan fingerprint density at radius 1 is 1.40 bits per heavy atom. The van der Waals surface area contributed by atoms with Crippen molar-refractivity contribution in [1.29, 1.82) is 0 Å². The Bertz CT molecular complexity index is 138. The largest absolute Gasteiger partial charge is 0.0958 e. The van der Waals surface area contributed by atoms with Gasteiger partial charge in [-0.1, -0.05) is 49.8 Å². The van der Waals surface area contributed by atoms with Gasteiger partial charge in [-0.15, -0.1) is 0 Å². The first kappa shape index (κ1) is 9.22. The predicted molar refractivity (Wildman–Crippen MR) is 48.0 cm³/mol. The van der Waals surface area contributed by atoms with Crippen LogP contribution in [0, 0.1) is 0 Å². The van der Waals surface area contributed by atoms with Crippen molar-refractivity contribution in [3.63, 3.8) is 0 Å². The summed E-state index contributed by atoms with van der Waals surface area (Å²) in [6, 6.07) is 0. The van der Waals surface area contributed by atoms with E-state index in [1.54, 1.807) is 0 Å². The Labute approximate surface area is 64.0 Å². The third kappa shape index (κ3) is 5.36. The van der Waals surface area contributed by atoms with Crippen LogP contribution in [0.15, 0.2) is 36.5 Å². The van der Waals surface area contributed by atoms with Crippen LogP contribution >= 0.6 is 0 Å². The van der Waals surface area contributed by atoms with Crippen molar-refractivity contribution >= 4 is 0 Å².